The average molecular weight is 351 g/mol. The molecule has 1 saturated heterocycles. The summed E-state index contributed by atoms with van der Waals surface area (Å²) in [7, 11) is 0. The monoisotopic (exact) mass is 351 g/mol. The van der Waals surface area contributed by atoms with Crippen LogP contribution in [0.25, 0.3) is 11.1 Å². The summed E-state index contributed by atoms with van der Waals surface area (Å²) in [4.78, 5) is 26.2. The first kappa shape index (κ1) is 18.0. The van der Waals surface area contributed by atoms with E-state index in [0.717, 1.165) is 16.8 Å². The first-order valence-electron chi connectivity index (χ1n) is 9.07. The van der Waals surface area contributed by atoms with Gasteiger partial charge in [-0.1, -0.05) is 42.0 Å². The average Bonchev–Trinajstić information content (AvgIpc) is 3.13. The van der Waals surface area contributed by atoms with Gasteiger partial charge in [0.15, 0.2) is 0 Å². The highest BCUT2D eigenvalue weighted by molar-refractivity contribution is 5.91. The standard InChI is InChI=1S/C21H25N3O2/c1-3-22-20(25)18-10-11-24(14-18)21(26)23-19-9-5-8-17(13-19)16-7-4-6-15(2)12-16/h4-9,12-13,18H,3,10-11,14H2,1-2H3,(H,22,25)(H,23,26)/t18-/m0/s1. The SMILES string of the molecule is CCNC(=O)[C@H]1CCN(C(=O)Nc2cccc(-c3cccc(C)c3)c2)C1. The second kappa shape index (κ2) is 8.04. The lowest BCUT2D eigenvalue weighted by molar-refractivity contribution is -0.124. The fraction of sp³-hybridized carbons (Fsp3) is 0.333. The highest BCUT2D eigenvalue weighted by atomic mass is 16.2. The van der Waals surface area contributed by atoms with E-state index in [1.165, 1.54) is 5.56 Å². The number of nitrogens with one attached hydrogen (secondary N) is 2. The molecule has 0 saturated carbocycles. The fourth-order valence-corrected chi connectivity index (χ4v) is 3.28. The predicted molar refractivity (Wildman–Crippen MR) is 104 cm³/mol. The van der Waals surface area contributed by atoms with E-state index in [1.54, 1.807) is 4.90 Å². The van der Waals surface area contributed by atoms with Crippen molar-refractivity contribution < 1.29 is 9.59 Å². The molecule has 1 atom stereocenters. The van der Waals surface area contributed by atoms with Crippen molar-refractivity contribution in [2.75, 3.05) is 25.0 Å². The van der Waals surface area contributed by atoms with Crippen LogP contribution in [-0.4, -0.2) is 36.5 Å². The summed E-state index contributed by atoms with van der Waals surface area (Å²) in [6.07, 6.45) is 0.711. The van der Waals surface area contributed by atoms with Gasteiger partial charge in [-0.25, -0.2) is 4.79 Å². The molecule has 0 unspecified atom stereocenters. The largest absolute Gasteiger partial charge is 0.356 e. The van der Waals surface area contributed by atoms with Gasteiger partial charge in [-0.05, 0) is 43.5 Å². The first-order valence-corrected chi connectivity index (χ1v) is 9.07. The number of rotatable bonds is 4. The number of urea groups is 1. The summed E-state index contributed by atoms with van der Waals surface area (Å²) in [5.74, 6) is -0.0800. The maximum atomic E-state index is 12.5. The number of likely N-dealkylation sites (tertiary alicyclic amines) is 1. The molecule has 0 bridgehead atoms. The predicted octanol–water partition coefficient (Wildman–Crippen LogP) is 3.65. The second-order valence-electron chi connectivity index (χ2n) is 6.71. The molecule has 2 N–H and O–H groups in total. The van der Waals surface area contributed by atoms with Crippen molar-refractivity contribution in [2.24, 2.45) is 5.92 Å². The Kier molecular flexibility index (Phi) is 5.56. The Morgan fingerprint density at radius 3 is 2.58 bits per heavy atom. The van der Waals surface area contributed by atoms with Crippen molar-refractivity contribution >= 4 is 17.6 Å². The molecule has 1 aliphatic heterocycles. The minimum Gasteiger partial charge on any atom is -0.356 e. The lowest BCUT2D eigenvalue weighted by Gasteiger charge is -2.17. The van der Waals surface area contributed by atoms with Crippen LogP contribution in [0, 0.1) is 12.8 Å². The number of amides is 3. The second-order valence-corrected chi connectivity index (χ2v) is 6.71. The van der Waals surface area contributed by atoms with Crippen molar-refractivity contribution in [3.8, 4) is 11.1 Å². The summed E-state index contributed by atoms with van der Waals surface area (Å²) in [5, 5.41) is 5.78. The fourth-order valence-electron chi connectivity index (χ4n) is 3.28. The highest BCUT2D eigenvalue weighted by Gasteiger charge is 2.30. The zero-order chi connectivity index (χ0) is 18.5. The van der Waals surface area contributed by atoms with Crippen LogP contribution < -0.4 is 10.6 Å². The molecule has 1 fully saturated rings. The molecule has 136 valence electrons. The van der Waals surface area contributed by atoms with E-state index in [-0.39, 0.29) is 17.9 Å². The highest BCUT2D eigenvalue weighted by Crippen LogP contribution is 2.24. The van der Waals surface area contributed by atoms with Crippen LogP contribution in [-0.2, 0) is 4.79 Å². The molecular weight excluding hydrogens is 326 g/mol. The van der Waals surface area contributed by atoms with Crippen molar-refractivity contribution in [1.82, 2.24) is 10.2 Å². The number of hydrogen-bond acceptors (Lipinski definition) is 2. The molecule has 2 aromatic carbocycles. The molecule has 2 aromatic rings. The van der Waals surface area contributed by atoms with E-state index in [1.807, 2.05) is 37.3 Å². The number of carbonyl (C=O) groups is 2. The van der Waals surface area contributed by atoms with Crippen molar-refractivity contribution in [2.45, 2.75) is 20.3 Å². The van der Waals surface area contributed by atoms with Gasteiger partial charge in [0.2, 0.25) is 5.91 Å². The minimum absolute atomic E-state index is 0.0317. The van der Waals surface area contributed by atoms with E-state index in [4.69, 9.17) is 0 Å². The van der Waals surface area contributed by atoms with E-state index < -0.39 is 0 Å². The summed E-state index contributed by atoms with van der Waals surface area (Å²) in [5.41, 5.74) is 4.15. The number of nitrogens with zero attached hydrogens (tertiary/aromatic N) is 1. The Morgan fingerprint density at radius 1 is 1.12 bits per heavy atom. The maximum Gasteiger partial charge on any atom is 0.321 e. The Morgan fingerprint density at radius 2 is 1.85 bits per heavy atom. The molecule has 0 radical (unpaired) electrons. The zero-order valence-corrected chi connectivity index (χ0v) is 15.3. The van der Waals surface area contributed by atoms with Gasteiger partial charge in [0.05, 0.1) is 5.92 Å². The molecule has 26 heavy (non-hydrogen) atoms. The van der Waals surface area contributed by atoms with E-state index >= 15 is 0 Å². The topological polar surface area (TPSA) is 61.4 Å². The maximum absolute atomic E-state index is 12.5. The van der Waals surface area contributed by atoms with Gasteiger partial charge < -0.3 is 15.5 Å². The third-order valence-electron chi connectivity index (χ3n) is 4.66. The quantitative estimate of drug-likeness (QED) is 0.883. The number of hydrogen-bond donors (Lipinski definition) is 2. The Hall–Kier alpha value is -2.82. The van der Waals surface area contributed by atoms with Crippen molar-refractivity contribution in [3.63, 3.8) is 0 Å². The molecule has 3 rings (SSSR count). The lowest BCUT2D eigenvalue weighted by atomic mass is 10.0. The molecule has 0 aromatic heterocycles. The van der Waals surface area contributed by atoms with Crippen LogP contribution in [0.4, 0.5) is 10.5 Å². The smallest absolute Gasteiger partial charge is 0.321 e. The van der Waals surface area contributed by atoms with E-state index in [0.29, 0.717) is 26.1 Å². The third-order valence-corrected chi connectivity index (χ3v) is 4.66. The summed E-state index contributed by atoms with van der Waals surface area (Å²) >= 11 is 0. The van der Waals surface area contributed by atoms with Gasteiger partial charge in [0.25, 0.3) is 0 Å². The van der Waals surface area contributed by atoms with Gasteiger partial charge in [-0.3, -0.25) is 4.79 Å². The van der Waals surface area contributed by atoms with Crippen LogP contribution >= 0.6 is 0 Å². The molecule has 3 amide bonds. The minimum atomic E-state index is -0.154. The number of aryl methyl sites for hydroxylation is 1. The molecule has 5 heteroatoms. The van der Waals surface area contributed by atoms with Gasteiger partial charge in [0.1, 0.15) is 0 Å². The van der Waals surface area contributed by atoms with E-state index in [9.17, 15) is 9.59 Å². The van der Waals surface area contributed by atoms with Crippen LogP contribution in [0.3, 0.4) is 0 Å². The summed E-state index contributed by atoms with van der Waals surface area (Å²) in [6.45, 7) is 5.65. The van der Waals surface area contributed by atoms with Crippen molar-refractivity contribution in [1.29, 1.82) is 0 Å². The number of benzene rings is 2. The normalized spacial score (nSPS) is 16.4. The molecule has 5 nitrogen and oxygen atoms in total. The van der Waals surface area contributed by atoms with Crippen LogP contribution in [0.1, 0.15) is 18.9 Å². The van der Waals surface area contributed by atoms with Crippen LogP contribution in [0.5, 0.6) is 0 Å². The first-order chi connectivity index (χ1) is 12.6. The molecule has 0 aliphatic carbocycles. The van der Waals surface area contributed by atoms with Gasteiger partial charge >= 0.3 is 6.03 Å². The Balaban J connectivity index is 1.65. The van der Waals surface area contributed by atoms with Gasteiger partial charge in [0, 0.05) is 25.3 Å². The molecule has 1 heterocycles. The number of anilines is 1. The van der Waals surface area contributed by atoms with Crippen LogP contribution in [0.15, 0.2) is 48.5 Å². The Bertz CT molecular complexity index is 803. The number of carbonyl (C=O) groups excluding carboxylic acids is 2. The van der Waals surface area contributed by atoms with Gasteiger partial charge in [-0.15, -0.1) is 0 Å². The molecule has 1 aliphatic rings. The lowest BCUT2D eigenvalue weighted by Crippen LogP contribution is -2.36. The molecular formula is C21H25N3O2. The molecule has 0 spiro atoms. The van der Waals surface area contributed by atoms with Gasteiger partial charge in [-0.2, -0.15) is 0 Å². The van der Waals surface area contributed by atoms with Crippen LogP contribution in [0.2, 0.25) is 0 Å². The summed E-state index contributed by atoms with van der Waals surface area (Å²) < 4.78 is 0. The zero-order valence-electron chi connectivity index (χ0n) is 15.3. The summed E-state index contributed by atoms with van der Waals surface area (Å²) in [6, 6.07) is 16.0. The Labute approximate surface area is 154 Å². The van der Waals surface area contributed by atoms with Crippen molar-refractivity contribution in [3.05, 3.63) is 54.1 Å². The third kappa shape index (κ3) is 4.23. The van der Waals surface area contributed by atoms with E-state index in [2.05, 4.69) is 35.8 Å².